The summed E-state index contributed by atoms with van der Waals surface area (Å²) >= 11 is 0. The van der Waals surface area contributed by atoms with Crippen LogP contribution in [-0.4, -0.2) is 22.6 Å². The molecule has 0 aromatic rings. The first-order valence-corrected chi connectivity index (χ1v) is 12.1. The van der Waals surface area contributed by atoms with Gasteiger partial charge in [-0.15, -0.1) is 0 Å². The highest BCUT2D eigenvalue weighted by Crippen LogP contribution is 2.74. The molecule has 0 radical (unpaired) electrons. The topological polar surface area (TPSA) is 71.4 Å². The number of fused-ring (bicyclic) bond motifs is 1. The van der Waals surface area contributed by atoms with Gasteiger partial charge in [-0.25, -0.2) is 0 Å². The molecule has 0 aliphatic heterocycles. The van der Waals surface area contributed by atoms with Crippen molar-refractivity contribution in [2.75, 3.05) is 0 Å². The lowest BCUT2D eigenvalue weighted by atomic mass is 9.33. The van der Waals surface area contributed by atoms with E-state index in [4.69, 9.17) is 0 Å². The highest BCUT2D eigenvalue weighted by Gasteiger charge is 2.70. The monoisotopic (exact) mass is 412 g/mol. The molecule has 0 aromatic carbocycles. The van der Waals surface area contributed by atoms with Crippen molar-refractivity contribution in [3.8, 4) is 0 Å². The summed E-state index contributed by atoms with van der Waals surface area (Å²) in [6, 6.07) is 0. The average molecular weight is 413 g/mol. The van der Waals surface area contributed by atoms with Gasteiger partial charge >= 0.3 is 5.97 Å². The number of hydrogen-bond acceptors (Lipinski definition) is 3. The number of hydrogen-bond donors (Lipinski definition) is 1. The van der Waals surface area contributed by atoms with Crippen LogP contribution in [0, 0.1) is 51.8 Å². The van der Waals surface area contributed by atoms with Gasteiger partial charge in [-0.1, -0.05) is 38.8 Å². The smallest absolute Gasteiger partial charge is 0.309 e. The highest BCUT2D eigenvalue weighted by atomic mass is 16.4. The van der Waals surface area contributed by atoms with E-state index in [9.17, 15) is 19.5 Å². The van der Waals surface area contributed by atoms with Gasteiger partial charge in [0.1, 0.15) is 11.6 Å². The van der Waals surface area contributed by atoms with Crippen LogP contribution >= 0.6 is 0 Å². The number of carboxylic acids is 1. The van der Waals surface area contributed by atoms with Gasteiger partial charge in [0, 0.05) is 30.1 Å². The summed E-state index contributed by atoms with van der Waals surface area (Å²) in [5.41, 5.74) is 0.400. The van der Waals surface area contributed by atoms with E-state index in [0.29, 0.717) is 36.2 Å². The molecule has 0 amide bonds. The van der Waals surface area contributed by atoms with Crippen LogP contribution in [0.4, 0.5) is 0 Å². The Bertz CT molecular complexity index is 855. The van der Waals surface area contributed by atoms with Gasteiger partial charge in [0.25, 0.3) is 0 Å². The Morgan fingerprint density at radius 2 is 1.77 bits per heavy atom. The van der Waals surface area contributed by atoms with Crippen molar-refractivity contribution >= 4 is 17.5 Å². The van der Waals surface area contributed by atoms with Crippen LogP contribution in [0.15, 0.2) is 11.6 Å². The quantitative estimate of drug-likeness (QED) is 0.644. The van der Waals surface area contributed by atoms with Crippen molar-refractivity contribution in [1.82, 2.24) is 0 Å². The lowest BCUT2D eigenvalue weighted by Gasteiger charge is -2.70. The first-order chi connectivity index (χ1) is 14.1. The second-order valence-electron chi connectivity index (χ2n) is 11.9. The van der Waals surface area contributed by atoms with E-state index in [1.165, 1.54) is 5.57 Å². The van der Waals surface area contributed by atoms with Crippen LogP contribution in [0.3, 0.4) is 0 Å². The molecule has 1 N–H and O–H groups in total. The fraction of sp³-hybridized carbons (Fsp3) is 0.808. The number of aliphatic carboxylic acids is 1. The molecule has 164 valence electrons. The summed E-state index contributed by atoms with van der Waals surface area (Å²) in [6.45, 7) is 8.73. The molecule has 0 unspecified atom stereocenters. The summed E-state index contributed by atoms with van der Waals surface area (Å²) in [7, 11) is 0. The van der Waals surface area contributed by atoms with Crippen molar-refractivity contribution < 1.29 is 19.5 Å². The summed E-state index contributed by atoms with van der Waals surface area (Å²) in [5.74, 6) is 0.677. The zero-order valence-electron chi connectivity index (χ0n) is 18.9. The van der Waals surface area contributed by atoms with Crippen molar-refractivity contribution in [2.24, 2.45) is 51.8 Å². The second-order valence-corrected chi connectivity index (χ2v) is 11.9. The second kappa shape index (κ2) is 6.29. The standard InChI is InChI=1S/C26H36O4/c1-14(2)16-13-26-11-8-19-24(3,9-5-10-25(19,4)23(29)30)20(26)12-15(16)21-17(27)6-7-18(28)22(21)26/h13-15,19-22H,5-12H2,1-4H3,(H,29,30)/t15-,19+,20-,21+,22-,24+,25-,26+/m1/s1. The van der Waals surface area contributed by atoms with E-state index in [-0.39, 0.29) is 34.5 Å². The lowest BCUT2D eigenvalue weighted by molar-refractivity contribution is -0.200. The van der Waals surface area contributed by atoms with Gasteiger partial charge in [0.2, 0.25) is 0 Å². The molecule has 8 atom stereocenters. The third-order valence-corrected chi connectivity index (χ3v) is 10.5. The van der Waals surface area contributed by atoms with Gasteiger partial charge in [0.05, 0.1) is 5.41 Å². The van der Waals surface area contributed by atoms with E-state index in [0.717, 1.165) is 38.5 Å². The number of carboxylic acid groups (broad SMARTS) is 1. The number of allylic oxidation sites excluding steroid dienone is 2. The van der Waals surface area contributed by atoms with E-state index in [1.54, 1.807) is 0 Å². The zero-order valence-corrected chi connectivity index (χ0v) is 18.9. The minimum Gasteiger partial charge on any atom is -0.481 e. The maximum Gasteiger partial charge on any atom is 0.309 e. The minimum atomic E-state index is -0.679. The van der Waals surface area contributed by atoms with Crippen LogP contribution in [0.5, 0.6) is 0 Å². The number of carbonyl (C=O) groups is 3. The molecule has 4 saturated carbocycles. The molecule has 1 spiro atoms. The molecule has 30 heavy (non-hydrogen) atoms. The summed E-state index contributed by atoms with van der Waals surface area (Å²) < 4.78 is 0. The predicted molar refractivity (Wildman–Crippen MR) is 114 cm³/mol. The first kappa shape index (κ1) is 20.5. The Hall–Kier alpha value is -1.45. The SMILES string of the molecule is CC(C)C1=C[C@@]23CC[C@H]4[C@](C)(CCC[C@@]4(C)C(=O)O)[C@H]2C[C@H]1[C@H]1C(=O)CCC(=O)[C@H]13. The Morgan fingerprint density at radius 3 is 2.43 bits per heavy atom. The number of rotatable bonds is 2. The highest BCUT2D eigenvalue weighted by molar-refractivity contribution is 5.98. The van der Waals surface area contributed by atoms with Crippen molar-refractivity contribution in [3.63, 3.8) is 0 Å². The molecule has 0 heterocycles. The Morgan fingerprint density at radius 1 is 1.07 bits per heavy atom. The van der Waals surface area contributed by atoms with Crippen LogP contribution in [-0.2, 0) is 14.4 Å². The van der Waals surface area contributed by atoms with Gasteiger partial charge in [-0.2, -0.15) is 0 Å². The number of Topliss-reactive ketones (excluding diaryl/α,β-unsaturated/α-hetero) is 2. The van der Waals surface area contributed by atoms with Gasteiger partial charge in [-0.3, -0.25) is 14.4 Å². The van der Waals surface area contributed by atoms with Gasteiger partial charge in [0.15, 0.2) is 0 Å². The third kappa shape index (κ3) is 2.31. The first-order valence-electron chi connectivity index (χ1n) is 12.1. The Kier molecular flexibility index (Phi) is 4.29. The normalized spacial score (nSPS) is 49.9. The van der Waals surface area contributed by atoms with Crippen molar-refractivity contribution in [1.29, 1.82) is 0 Å². The van der Waals surface area contributed by atoms with E-state index >= 15 is 0 Å². The largest absolute Gasteiger partial charge is 0.481 e. The van der Waals surface area contributed by atoms with Crippen LogP contribution < -0.4 is 0 Å². The molecule has 4 nitrogen and oxygen atoms in total. The number of carbonyl (C=O) groups excluding carboxylic acids is 2. The molecule has 2 bridgehead atoms. The summed E-state index contributed by atoms with van der Waals surface area (Å²) in [4.78, 5) is 38.8. The van der Waals surface area contributed by atoms with E-state index in [2.05, 4.69) is 26.8 Å². The minimum absolute atomic E-state index is 0.0767. The predicted octanol–water partition coefficient (Wildman–Crippen LogP) is 5.06. The Labute approximate surface area is 179 Å². The zero-order chi connectivity index (χ0) is 21.6. The molecule has 4 fully saturated rings. The molecular weight excluding hydrogens is 376 g/mol. The fourth-order valence-corrected chi connectivity index (χ4v) is 9.34. The molecular formula is C26H36O4. The number of ketones is 2. The van der Waals surface area contributed by atoms with Crippen LogP contribution in [0.25, 0.3) is 0 Å². The maximum atomic E-state index is 13.3. The van der Waals surface area contributed by atoms with Crippen molar-refractivity contribution in [2.45, 2.75) is 79.1 Å². The van der Waals surface area contributed by atoms with E-state index < -0.39 is 11.4 Å². The van der Waals surface area contributed by atoms with E-state index in [1.807, 2.05) is 6.92 Å². The van der Waals surface area contributed by atoms with Crippen LogP contribution in [0.2, 0.25) is 0 Å². The van der Waals surface area contributed by atoms with Crippen molar-refractivity contribution in [3.05, 3.63) is 11.6 Å². The molecule has 0 saturated heterocycles. The summed E-state index contributed by atoms with van der Waals surface area (Å²) in [5, 5.41) is 10.1. The molecule has 4 heteroatoms. The molecule has 6 aliphatic carbocycles. The van der Waals surface area contributed by atoms with Gasteiger partial charge in [-0.05, 0) is 68.1 Å². The molecule has 0 aromatic heterocycles. The summed E-state index contributed by atoms with van der Waals surface area (Å²) in [6.07, 6.45) is 8.70. The van der Waals surface area contributed by atoms with Crippen LogP contribution in [0.1, 0.15) is 79.1 Å². The fourth-order valence-electron chi connectivity index (χ4n) is 9.34. The average Bonchev–Trinajstić information content (AvgIpc) is 2.69. The third-order valence-electron chi connectivity index (χ3n) is 10.5. The molecule has 6 rings (SSSR count). The van der Waals surface area contributed by atoms with Gasteiger partial charge < -0.3 is 5.11 Å². The lowest BCUT2D eigenvalue weighted by Crippen LogP contribution is -2.67. The molecule has 6 aliphatic rings. The maximum absolute atomic E-state index is 13.3. The Balaban J connectivity index is 1.67.